The largest absolute Gasteiger partial charge is 0.348 e. The van der Waals surface area contributed by atoms with Gasteiger partial charge in [-0.05, 0) is 60.8 Å². The van der Waals surface area contributed by atoms with Crippen LogP contribution in [0.1, 0.15) is 67.4 Å². The molecule has 1 heterocycles. The molecule has 7 heteroatoms. The van der Waals surface area contributed by atoms with Crippen LogP contribution in [-0.2, 0) is 17.9 Å². The highest BCUT2D eigenvalue weighted by atomic mass is 19.1. The van der Waals surface area contributed by atoms with E-state index in [1.165, 1.54) is 12.1 Å². The number of anilines is 1. The van der Waals surface area contributed by atoms with Crippen LogP contribution in [0.2, 0.25) is 0 Å². The molecule has 5 nitrogen and oxygen atoms in total. The minimum atomic E-state index is -0.681. The lowest BCUT2D eigenvalue weighted by atomic mass is 10.0. The van der Waals surface area contributed by atoms with Gasteiger partial charge in [0, 0.05) is 42.9 Å². The number of carbonyl (C=O) groups excluding carboxylic acids is 2. The Hall–Kier alpha value is -2.80. The number of nitrogens with one attached hydrogen (secondary N) is 2. The molecule has 1 aliphatic rings. The first kappa shape index (κ1) is 24.8. The molecule has 2 amide bonds. The Morgan fingerprint density at radius 2 is 1.70 bits per heavy atom. The highest BCUT2D eigenvalue weighted by Crippen LogP contribution is 2.25. The van der Waals surface area contributed by atoms with Crippen molar-refractivity contribution in [2.24, 2.45) is 5.92 Å². The summed E-state index contributed by atoms with van der Waals surface area (Å²) >= 11 is 0. The van der Waals surface area contributed by atoms with Gasteiger partial charge >= 0.3 is 0 Å². The fraction of sp³-hybridized carbons (Fsp3) is 0.462. The quantitative estimate of drug-likeness (QED) is 0.684. The first-order valence-corrected chi connectivity index (χ1v) is 11.7. The number of nitrogens with zero attached hydrogens (tertiary/aromatic N) is 1. The summed E-state index contributed by atoms with van der Waals surface area (Å²) in [5, 5.41) is 6.16. The van der Waals surface area contributed by atoms with Crippen molar-refractivity contribution in [2.75, 3.05) is 18.0 Å². The number of hydrogen-bond acceptors (Lipinski definition) is 3. The molecule has 3 rings (SSSR count). The zero-order valence-electron chi connectivity index (χ0n) is 19.4. The Bertz CT molecular complexity index is 958. The molecule has 0 saturated carbocycles. The molecule has 0 spiro atoms. The summed E-state index contributed by atoms with van der Waals surface area (Å²) in [7, 11) is 0. The van der Waals surface area contributed by atoms with Gasteiger partial charge < -0.3 is 15.5 Å². The van der Waals surface area contributed by atoms with Gasteiger partial charge in [-0.25, -0.2) is 8.78 Å². The number of hydrogen-bond donors (Lipinski definition) is 2. The maximum Gasteiger partial charge on any atom is 0.251 e. The van der Waals surface area contributed by atoms with E-state index in [0.29, 0.717) is 24.2 Å². The third-order valence-electron chi connectivity index (χ3n) is 5.82. The zero-order chi connectivity index (χ0) is 23.8. The van der Waals surface area contributed by atoms with Gasteiger partial charge in [-0.1, -0.05) is 33.1 Å². The molecule has 0 atom stereocenters. The zero-order valence-corrected chi connectivity index (χ0v) is 19.4. The summed E-state index contributed by atoms with van der Waals surface area (Å²) in [6.07, 6.45) is 5.43. The number of carbonyl (C=O) groups is 2. The summed E-state index contributed by atoms with van der Waals surface area (Å²) in [5.41, 5.74) is 2.50. The van der Waals surface area contributed by atoms with Gasteiger partial charge in [0.15, 0.2) is 0 Å². The predicted molar refractivity (Wildman–Crippen MR) is 126 cm³/mol. The first-order valence-electron chi connectivity index (χ1n) is 11.7. The molecule has 0 fully saturated rings. The molecule has 0 bridgehead atoms. The summed E-state index contributed by atoms with van der Waals surface area (Å²) in [4.78, 5) is 27.6. The van der Waals surface area contributed by atoms with E-state index in [-0.39, 0.29) is 24.3 Å². The third kappa shape index (κ3) is 7.09. The van der Waals surface area contributed by atoms with Crippen molar-refractivity contribution in [3.63, 3.8) is 0 Å². The summed E-state index contributed by atoms with van der Waals surface area (Å²) in [5.74, 6) is -1.76. The van der Waals surface area contributed by atoms with E-state index >= 15 is 0 Å². The van der Waals surface area contributed by atoms with Crippen molar-refractivity contribution in [1.82, 2.24) is 10.6 Å². The molecular weight excluding hydrogens is 424 g/mol. The van der Waals surface area contributed by atoms with E-state index in [1.807, 2.05) is 24.8 Å². The smallest absolute Gasteiger partial charge is 0.251 e. The van der Waals surface area contributed by atoms with Crippen LogP contribution in [0.3, 0.4) is 0 Å². The highest BCUT2D eigenvalue weighted by molar-refractivity contribution is 5.98. The van der Waals surface area contributed by atoms with Gasteiger partial charge in [0.05, 0.1) is 0 Å². The average Bonchev–Trinajstić information content (AvgIpc) is 2.76. The van der Waals surface area contributed by atoms with Crippen molar-refractivity contribution in [1.29, 1.82) is 0 Å². The number of benzene rings is 2. The Morgan fingerprint density at radius 1 is 1.00 bits per heavy atom. The van der Waals surface area contributed by atoms with Crippen LogP contribution in [0, 0.1) is 17.6 Å². The van der Waals surface area contributed by atoms with Crippen molar-refractivity contribution in [2.45, 2.75) is 59.0 Å². The fourth-order valence-corrected chi connectivity index (χ4v) is 4.06. The molecule has 2 N–H and O–H groups in total. The lowest BCUT2D eigenvalue weighted by Gasteiger charge is -2.28. The Labute approximate surface area is 194 Å². The van der Waals surface area contributed by atoms with Crippen LogP contribution >= 0.6 is 0 Å². The van der Waals surface area contributed by atoms with Gasteiger partial charge in [0.25, 0.3) is 5.91 Å². The number of amides is 2. The van der Waals surface area contributed by atoms with Gasteiger partial charge in [0.1, 0.15) is 11.6 Å². The Morgan fingerprint density at radius 3 is 2.42 bits per heavy atom. The lowest BCUT2D eigenvalue weighted by Crippen LogP contribution is -2.36. The van der Waals surface area contributed by atoms with Crippen LogP contribution < -0.4 is 15.5 Å². The predicted octanol–water partition coefficient (Wildman–Crippen LogP) is 4.94. The van der Waals surface area contributed by atoms with Gasteiger partial charge in [-0.2, -0.15) is 0 Å². The number of fused-ring (bicyclic) bond motifs is 1. The average molecular weight is 458 g/mol. The molecule has 0 radical (unpaired) electrons. The maximum atomic E-state index is 13.4. The van der Waals surface area contributed by atoms with Crippen molar-refractivity contribution < 1.29 is 18.4 Å². The molecule has 0 aromatic heterocycles. The summed E-state index contributed by atoms with van der Waals surface area (Å²) in [6, 6.07) is 8.53. The van der Waals surface area contributed by atoms with E-state index in [0.717, 1.165) is 56.0 Å². The molecular formula is C26H33F2N3O2. The Kier molecular flexibility index (Phi) is 8.95. The SMILES string of the molecule is CC(C)C(=O)N1CCCCCCCNCc2cc(C(=O)NCc3cc(F)cc(F)c3)ccc21. The molecule has 0 aliphatic carbocycles. The maximum absolute atomic E-state index is 13.4. The molecule has 0 saturated heterocycles. The van der Waals surface area contributed by atoms with E-state index in [4.69, 9.17) is 0 Å². The molecule has 33 heavy (non-hydrogen) atoms. The van der Waals surface area contributed by atoms with Gasteiger partial charge in [-0.3, -0.25) is 9.59 Å². The third-order valence-corrected chi connectivity index (χ3v) is 5.82. The van der Waals surface area contributed by atoms with E-state index in [2.05, 4.69) is 10.6 Å². The normalized spacial score (nSPS) is 15.4. The van der Waals surface area contributed by atoms with Gasteiger partial charge in [-0.15, -0.1) is 0 Å². The highest BCUT2D eigenvalue weighted by Gasteiger charge is 2.22. The Balaban J connectivity index is 1.83. The second-order valence-electron chi connectivity index (χ2n) is 8.89. The number of rotatable bonds is 4. The molecule has 178 valence electrons. The van der Waals surface area contributed by atoms with Crippen LogP contribution in [0.25, 0.3) is 0 Å². The van der Waals surface area contributed by atoms with Crippen LogP contribution in [0.4, 0.5) is 14.5 Å². The second-order valence-corrected chi connectivity index (χ2v) is 8.89. The summed E-state index contributed by atoms with van der Waals surface area (Å²) < 4.78 is 26.8. The molecule has 2 aromatic rings. The van der Waals surface area contributed by atoms with Gasteiger partial charge in [0.2, 0.25) is 5.91 Å². The molecule has 2 aromatic carbocycles. The lowest BCUT2D eigenvalue weighted by molar-refractivity contribution is -0.121. The second kappa shape index (κ2) is 11.9. The van der Waals surface area contributed by atoms with Crippen LogP contribution in [0.5, 0.6) is 0 Å². The molecule has 1 aliphatic heterocycles. The molecule has 0 unspecified atom stereocenters. The van der Waals surface area contributed by atoms with Crippen LogP contribution in [0.15, 0.2) is 36.4 Å². The standard InChI is InChI=1S/C26H33F2N3O2/c1-18(2)26(33)31-11-7-5-3-4-6-10-29-17-21-14-20(8-9-24(21)31)25(32)30-16-19-12-22(27)15-23(28)13-19/h8-9,12-15,18,29H,3-7,10-11,16-17H2,1-2H3,(H,30,32). The monoisotopic (exact) mass is 457 g/mol. The van der Waals surface area contributed by atoms with E-state index in [1.54, 1.807) is 12.1 Å². The van der Waals surface area contributed by atoms with Crippen molar-refractivity contribution in [3.8, 4) is 0 Å². The topological polar surface area (TPSA) is 61.4 Å². The van der Waals surface area contributed by atoms with E-state index < -0.39 is 11.6 Å². The fourth-order valence-electron chi connectivity index (χ4n) is 4.06. The van der Waals surface area contributed by atoms with Crippen molar-refractivity contribution >= 4 is 17.5 Å². The summed E-state index contributed by atoms with van der Waals surface area (Å²) in [6.45, 7) is 5.88. The number of halogens is 2. The minimum absolute atomic E-state index is 0.0147. The minimum Gasteiger partial charge on any atom is -0.348 e. The van der Waals surface area contributed by atoms with Crippen LogP contribution in [-0.4, -0.2) is 24.9 Å². The van der Waals surface area contributed by atoms with E-state index in [9.17, 15) is 18.4 Å². The first-order chi connectivity index (χ1) is 15.8. The van der Waals surface area contributed by atoms with Crippen molar-refractivity contribution in [3.05, 3.63) is 64.7 Å².